The highest BCUT2D eigenvalue weighted by atomic mass is 32.2. The maximum absolute atomic E-state index is 13.7. The lowest BCUT2D eigenvalue weighted by atomic mass is 9.80. The van der Waals surface area contributed by atoms with Gasteiger partial charge in [-0.2, -0.15) is 0 Å². The van der Waals surface area contributed by atoms with E-state index in [0.717, 1.165) is 25.0 Å². The van der Waals surface area contributed by atoms with Crippen molar-refractivity contribution in [1.29, 1.82) is 0 Å². The average Bonchev–Trinajstić information content (AvgIpc) is 2.26. The lowest BCUT2D eigenvalue weighted by molar-refractivity contribution is 0.275. The Morgan fingerprint density at radius 2 is 1.95 bits per heavy atom. The van der Waals surface area contributed by atoms with E-state index < -0.39 is 22.4 Å². The van der Waals surface area contributed by atoms with Crippen LogP contribution in [0.3, 0.4) is 0 Å². The topological polar surface area (TPSA) is 43.1 Å². The first kappa shape index (κ1) is 14.6. The van der Waals surface area contributed by atoms with Gasteiger partial charge in [0.2, 0.25) is 0 Å². The van der Waals surface area contributed by atoms with E-state index in [1.54, 1.807) is 0 Å². The largest absolute Gasteiger partial charge is 0.327 e. The third-order valence-corrected chi connectivity index (χ3v) is 5.86. The molecule has 0 aliphatic heterocycles. The number of halogens is 2. The number of rotatable bonds is 2. The first-order valence-electron chi connectivity index (χ1n) is 6.51. The number of hydrogen-bond donors (Lipinski definition) is 1. The van der Waals surface area contributed by atoms with Crippen LogP contribution in [0.4, 0.5) is 8.78 Å². The summed E-state index contributed by atoms with van der Waals surface area (Å²) in [4.78, 5) is 0.0586. The second kappa shape index (κ2) is 5.67. The monoisotopic (exact) mass is 287 g/mol. The molecule has 0 aromatic heterocycles. The smallest absolute Gasteiger partial charge is 0.142 e. The van der Waals surface area contributed by atoms with Gasteiger partial charge in [-0.15, -0.1) is 0 Å². The molecule has 1 aliphatic carbocycles. The predicted octanol–water partition coefficient (Wildman–Crippen LogP) is 2.83. The molecule has 0 radical (unpaired) electrons. The third kappa shape index (κ3) is 3.03. The Kier molecular flexibility index (Phi) is 4.36. The molecule has 5 heteroatoms. The molecule has 0 bridgehead atoms. The van der Waals surface area contributed by atoms with E-state index in [0.29, 0.717) is 5.92 Å². The Morgan fingerprint density at radius 3 is 2.53 bits per heavy atom. The standard InChI is InChI=1S/C14H19F2NOS/c1-8-5-9(2)14(12(17)6-8)19(18)13-4-3-10(15)7-11(13)16/h3-4,7-9,12,14H,5-6,17H2,1-2H3. The van der Waals surface area contributed by atoms with E-state index in [2.05, 4.69) is 6.92 Å². The van der Waals surface area contributed by atoms with Crippen LogP contribution in [0.15, 0.2) is 23.1 Å². The molecule has 0 amide bonds. The van der Waals surface area contributed by atoms with Gasteiger partial charge in [0.05, 0.1) is 20.9 Å². The lowest BCUT2D eigenvalue weighted by Crippen LogP contribution is -2.47. The van der Waals surface area contributed by atoms with E-state index >= 15 is 0 Å². The molecule has 106 valence electrons. The number of nitrogens with two attached hydrogens (primary N) is 1. The van der Waals surface area contributed by atoms with Crippen molar-refractivity contribution in [1.82, 2.24) is 0 Å². The molecule has 2 nitrogen and oxygen atoms in total. The van der Waals surface area contributed by atoms with Crippen molar-refractivity contribution in [2.24, 2.45) is 17.6 Å². The van der Waals surface area contributed by atoms with Crippen molar-refractivity contribution in [3.8, 4) is 0 Å². The zero-order valence-electron chi connectivity index (χ0n) is 11.1. The fraction of sp³-hybridized carbons (Fsp3) is 0.571. The van der Waals surface area contributed by atoms with Gasteiger partial charge in [0.1, 0.15) is 11.6 Å². The van der Waals surface area contributed by atoms with Crippen LogP contribution in [0.5, 0.6) is 0 Å². The Labute approximate surface area is 114 Å². The minimum Gasteiger partial charge on any atom is -0.327 e. The molecule has 1 saturated carbocycles. The first-order chi connectivity index (χ1) is 8.90. The summed E-state index contributed by atoms with van der Waals surface area (Å²) in [6, 6.07) is 2.97. The van der Waals surface area contributed by atoms with Crippen LogP contribution < -0.4 is 5.73 Å². The zero-order chi connectivity index (χ0) is 14.2. The van der Waals surface area contributed by atoms with E-state index in [1.165, 1.54) is 6.07 Å². The summed E-state index contributed by atoms with van der Waals surface area (Å²) >= 11 is 0. The molecule has 5 unspecified atom stereocenters. The molecular weight excluding hydrogens is 268 g/mol. The van der Waals surface area contributed by atoms with Gasteiger partial charge in [0.15, 0.2) is 0 Å². The molecule has 1 aromatic rings. The highest BCUT2D eigenvalue weighted by molar-refractivity contribution is 7.85. The molecule has 1 fully saturated rings. The maximum atomic E-state index is 13.7. The number of hydrogen-bond acceptors (Lipinski definition) is 2. The molecule has 19 heavy (non-hydrogen) atoms. The molecular formula is C14H19F2NOS. The quantitative estimate of drug-likeness (QED) is 0.909. The summed E-state index contributed by atoms with van der Waals surface area (Å²) in [5.41, 5.74) is 6.09. The molecule has 2 N–H and O–H groups in total. The maximum Gasteiger partial charge on any atom is 0.142 e. The predicted molar refractivity (Wildman–Crippen MR) is 72.1 cm³/mol. The second-order valence-corrected chi connectivity index (χ2v) is 7.13. The van der Waals surface area contributed by atoms with E-state index in [4.69, 9.17) is 5.73 Å². The van der Waals surface area contributed by atoms with Crippen LogP contribution in [-0.4, -0.2) is 15.5 Å². The fourth-order valence-corrected chi connectivity index (χ4v) is 4.75. The van der Waals surface area contributed by atoms with Gasteiger partial charge in [-0.25, -0.2) is 8.78 Å². The van der Waals surface area contributed by atoms with Crippen molar-refractivity contribution in [3.63, 3.8) is 0 Å². The fourth-order valence-electron chi connectivity index (χ4n) is 3.04. The lowest BCUT2D eigenvalue weighted by Gasteiger charge is -2.37. The highest BCUT2D eigenvalue weighted by Gasteiger charge is 2.37. The highest BCUT2D eigenvalue weighted by Crippen LogP contribution is 2.33. The summed E-state index contributed by atoms with van der Waals surface area (Å²) in [5.74, 6) is -0.746. The van der Waals surface area contributed by atoms with Crippen LogP contribution in [0.2, 0.25) is 0 Å². The third-order valence-electron chi connectivity index (χ3n) is 3.79. The van der Waals surface area contributed by atoms with Crippen molar-refractivity contribution in [2.45, 2.75) is 42.9 Å². The second-order valence-electron chi connectivity index (χ2n) is 5.55. The van der Waals surface area contributed by atoms with Gasteiger partial charge in [0.25, 0.3) is 0 Å². The molecule has 5 atom stereocenters. The van der Waals surface area contributed by atoms with Gasteiger partial charge < -0.3 is 5.73 Å². The zero-order valence-corrected chi connectivity index (χ0v) is 11.9. The van der Waals surface area contributed by atoms with Gasteiger partial charge in [-0.05, 0) is 36.8 Å². The Hall–Kier alpha value is -0.810. The molecule has 1 aliphatic rings. The van der Waals surface area contributed by atoms with Crippen molar-refractivity contribution >= 4 is 10.8 Å². The van der Waals surface area contributed by atoms with Crippen molar-refractivity contribution < 1.29 is 13.0 Å². The van der Waals surface area contributed by atoms with Crippen LogP contribution in [0, 0.1) is 23.5 Å². The van der Waals surface area contributed by atoms with Gasteiger partial charge in [0, 0.05) is 12.1 Å². The molecule has 2 rings (SSSR count). The molecule has 0 saturated heterocycles. The molecule has 1 aromatic carbocycles. The average molecular weight is 287 g/mol. The van der Waals surface area contributed by atoms with Crippen LogP contribution in [-0.2, 0) is 10.8 Å². The first-order valence-corrected chi connectivity index (χ1v) is 7.72. The summed E-state index contributed by atoms with van der Waals surface area (Å²) in [6.07, 6.45) is 1.73. The number of benzene rings is 1. The van der Waals surface area contributed by atoms with E-state index in [-0.39, 0.29) is 22.1 Å². The Morgan fingerprint density at radius 1 is 1.26 bits per heavy atom. The normalized spacial score (nSPS) is 33.1. The van der Waals surface area contributed by atoms with Gasteiger partial charge in [-0.3, -0.25) is 4.21 Å². The van der Waals surface area contributed by atoms with Gasteiger partial charge >= 0.3 is 0 Å². The van der Waals surface area contributed by atoms with Crippen molar-refractivity contribution in [3.05, 3.63) is 29.8 Å². The Bertz CT molecular complexity index is 482. The summed E-state index contributed by atoms with van der Waals surface area (Å²) in [7, 11) is -1.53. The molecule has 0 spiro atoms. The minimum absolute atomic E-state index is 0.0586. The van der Waals surface area contributed by atoms with Gasteiger partial charge in [-0.1, -0.05) is 13.8 Å². The molecule has 0 heterocycles. The van der Waals surface area contributed by atoms with Crippen LogP contribution in [0.25, 0.3) is 0 Å². The minimum atomic E-state index is -1.53. The van der Waals surface area contributed by atoms with E-state index in [1.807, 2.05) is 6.92 Å². The van der Waals surface area contributed by atoms with E-state index in [9.17, 15) is 13.0 Å². The SMILES string of the molecule is CC1CC(C)C(S(=O)c2ccc(F)cc2F)C(N)C1. The summed E-state index contributed by atoms with van der Waals surface area (Å²) < 4.78 is 39.1. The summed E-state index contributed by atoms with van der Waals surface area (Å²) in [5, 5.41) is -0.267. The van der Waals surface area contributed by atoms with Crippen molar-refractivity contribution in [2.75, 3.05) is 0 Å². The van der Waals surface area contributed by atoms with Crippen LogP contribution >= 0.6 is 0 Å². The Balaban J connectivity index is 2.28. The summed E-state index contributed by atoms with van der Waals surface area (Å²) in [6.45, 7) is 4.12. The van der Waals surface area contributed by atoms with Crippen LogP contribution in [0.1, 0.15) is 26.7 Å².